The van der Waals surface area contributed by atoms with Crippen molar-refractivity contribution in [2.24, 2.45) is 5.92 Å². The minimum Gasteiger partial charge on any atom is -0.355 e. The Bertz CT molecular complexity index is 842. The normalized spacial score (nSPS) is 15.0. The minimum atomic E-state index is 0.00166. The lowest BCUT2D eigenvalue weighted by Crippen LogP contribution is -2.38. The van der Waals surface area contributed by atoms with Gasteiger partial charge in [-0.05, 0) is 37.1 Å². The van der Waals surface area contributed by atoms with Crippen molar-refractivity contribution in [3.05, 3.63) is 49.3 Å². The van der Waals surface area contributed by atoms with Crippen molar-refractivity contribution in [3.63, 3.8) is 0 Å². The first-order valence-corrected chi connectivity index (χ1v) is 8.44. The summed E-state index contributed by atoms with van der Waals surface area (Å²) in [6, 6.07) is 7.36. The lowest BCUT2D eigenvalue weighted by Gasteiger charge is -2.31. The SMILES string of the molecule is O=C(Nc1ccncc1)C1CCN(c2ccc(-n3cncn3)nn2)CC1. The largest absolute Gasteiger partial charge is 0.355 e. The Morgan fingerprint density at radius 3 is 2.38 bits per heavy atom. The van der Waals surface area contributed by atoms with Gasteiger partial charge in [0.2, 0.25) is 5.91 Å². The second-order valence-electron chi connectivity index (χ2n) is 6.08. The number of anilines is 2. The van der Waals surface area contributed by atoms with Gasteiger partial charge in [0.1, 0.15) is 12.7 Å². The third-order valence-corrected chi connectivity index (χ3v) is 4.43. The molecule has 0 spiro atoms. The molecule has 1 aliphatic heterocycles. The zero-order chi connectivity index (χ0) is 17.8. The summed E-state index contributed by atoms with van der Waals surface area (Å²) in [7, 11) is 0. The van der Waals surface area contributed by atoms with Crippen molar-refractivity contribution in [1.29, 1.82) is 0 Å². The molecule has 9 nitrogen and oxygen atoms in total. The van der Waals surface area contributed by atoms with Crippen molar-refractivity contribution < 1.29 is 4.79 Å². The molecule has 1 N–H and O–H groups in total. The van der Waals surface area contributed by atoms with E-state index in [1.807, 2.05) is 12.1 Å². The quantitative estimate of drug-likeness (QED) is 0.757. The summed E-state index contributed by atoms with van der Waals surface area (Å²) < 4.78 is 1.56. The van der Waals surface area contributed by atoms with Crippen LogP contribution < -0.4 is 10.2 Å². The molecular weight excluding hydrogens is 332 g/mol. The topological polar surface area (TPSA) is 102 Å². The van der Waals surface area contributed by atoms with E-state index in [2.05, 4.69) is 35.5 Å². The molecule has 3 aromatic heterocycles. The smallest absolute Gasteiger partial charge is 0.227 e. The zero-order valence-electron chi connectivity index (χ0n) is 14.1. The predicted molar refractivity (Wildman–Crippen MR) is 94.8 cm³/mol. The maximum atomic E-state index is 12.4. The van der Waals surface area contributed by atoms with Gasteiger partial charge in [0, 0.05) is 37.1 Å². The lowest BCUT2D eigenvalue weighted by atomic mass is 9.96. The van der Waals surface area contributed by atoms with Crippen molar-refractivity contribution in [2.75, 3.05) is 23.3 Å². The van der Waals surface area contributed by atoms with Gasteiger partial charge in [-0.2, -0.15) is 5.10 Å². The summed E-state index contributed by atoms with van der Waals surface area (Å²) in [5, 5.41) is 15.4. The number of rotatable bonds is 4. The van der Waals surface area contributed by atoms with Crippen LogP contribution in [-0.2, 0) is 4.79 Å². The van der Waals surface area contributed by atoms with Gasteiger partial charge in [-0.25, -0.2) is 9.67 Å². The van der Waals surface area contributed by atoms with Crippen LogP contribution in [0.3, 0.4) is 0 Å². The minimum absolute atomic E-state index is 0.00166. The molecule has 0 radical (unpaired) electrons. The highest BCUT2D eigenvalue weighted by Gasteiger charge is 2.25. The van der Waals surface area contributed by atoms with Gasteiger partial charge in [-0.15, -0.1) is 10.2 Å². The number of nitrogens with one attached hydrogen (secondary N) is 1. The fraction of sp³-hybridized carbons (Fsp3) is 0.294. The van der Waals surface area contributed by atoms with Gasteiger partial charge >= 0.3 is 0 Å². The van der Waals surface area contributed by atoms with Crippen LogP contribution in [0.1, 0.15) is 12.8 Å². The molecule has 0 aromatic carbocycles. The Labute approximate surface area is 150 Å². The summed E-state index contributed by atoms with van der Waals surface area (Å²) in [6.07, 6.45) is 7.93. The van der Waals surface area contributed by atoms with Crippen LogP contribution in [0.4, 0.5) is 11.5 Å². The van der Waals surface area contributed by atoms with Gasteiger partial charge in [0.15, 0.2) is 11.6 Å². The van der Waals surface area contributed by atoms with E-state index in [0.717, 1.165) is 37.4 Å². The number of pyridine rings is 1. The summed E-state index contributed by atoms with van der Waals surface area (Å²) in [5.74, 6) is 1.49. The third kappa shape index (κ3) is 3.51. The molecule has 1 fully saturated rings. The monoisotopic (exact) mass is 350 g/mol. The molecular formula is C17H18N8O. The molecule has 132 valence electrons. The average molecular weight is 350 g/mol. The van der Waals surface area contributed by atoms with Crippen LogP contribution in [0.15, 0.2) is 49.3 Å². The molecule has 0 bridgehead atoms. The van der Waals surface area contributed by atoms with Gasteiger partial charge in [0.25, 0.3) is 0 Å². The summed E-state index contributed by atoms with van der Waals surface area (Å²) in [4.78, 5) is 22.4. The van der Waals surface area contributed by atoms with E-state index in [0.29, 0.717) is 5.82 Å². The van der Waals surface area contributed by atoms with Crippen LogP contribution in [0.5, 0.6) is 0 Å². The Hall–Kier alpha value is -3.36. The molecule has 1 amide bonds. The Morgan fingerprint density at radius 2 is 1.73 bits per heavy atom. The second-order valence-corrected chi connectivity index (χ2v) is 6.08. The molecule has 3 aromatic rings. The number of hydrogen-bond donors (Lipinski definition) is 1. The van der Waals surface area contributed by atoms with E-state index in [-0.39, 0.29) is 11.8 Å². The molecule has 0 atom stereocenters. The average Bonchev–Trinajstić information content (AvgIpc) is 3.24. The third-order valence-electron chi connectivity index (χ3n) is 4.43. The van der Waals surface area contributed by atoms with Crippen LogP contribution in [-0.4, -0.2) is 48.9 Å². The predicted octanol–water partition coefficient (Wildman–Crippen LogP) is 1.31. The van der Waals surface area contributed by atoms with Crippen LogP contribution in [0.25, 0.3) is 5.82 Å². The molecule has 1 aliphatic rings. The molecule has 4 heterocycles. The van der Waals surface area contributed by atoms with Crippen molar-refractivity contribution in [2.45, 2.75) is 12.8 Å². The molecule has 0 saturated carbocycles. The van der Waals surface area contributed by atoms with E-state index < -0.39 is 0 Å². The van der Waals surface area contributed by atoms with E-state index in [1.54, 1.807) is 35.5 Å². The van der Waals surface area contributed by atoms with Gasteiger partial charge in [0.05, 0.1) is 0 Å². The Balaban J connectivity index is 1.34. The highest BCUT2D eigenvalue weighted by atomic mass is 16.1. The van der Waals surface area contributed by atoms with E-state index in [9.17, 15) is 4.79 Å². The fourth-order valence-corrected chi connectivity index (χ4v) is 2.99. The van der Waals surface area contributed by atoms with Gasteiger partial charge in [-0.1, -0.05) is 0 Å². The highest BCUT2D eigenvalue weighted by Crippen LogP contribution is 2.23. The van der Waals surface area contributed by atoms with Crippen molar-refractivity contribution in [1.82, 2.24) is 29.9 Å². The number of piperidine rings is 1. The first-order valence-electron chi connectivity index (χ1n) is 8.44. The van der Waals surface area contributed by atoms with E-state index in [4.69, 9.17) is 0 Å². The van der Waals surface area contributed by atoms with Crippen molar-refractivity contribution >= 4 is 17.4 Å². The number of carbonyl (C=O) groups excluding carboxylic acids is 1. The lowest BCUT2D eigenvalue weighted by molar-refractivity contribution is -0.120. The number of carbonyl (C=O) groups is 1. The molecule has 1 saturated heterocycles. The van der Waals surface area contributed by atoms with E-state index in [1.165, 1.54) is 6.33 Å². The number of aromatic nitrogens is 6. The highest BCUT2D eigenvalue weighted by molar-refractivity contribution is 5.92. The zero-order valence-corrected chi connectivity index (χ0v) is 14.1. The van der Waals surface area contributed by atoms with Gasteiger partial charge in [-0.3, -0.25) is 9.78 Å². The molecule has 0 aliphatic carbocycles. The number of hydrogen-bond acceptors (Lipinski definition) is 7. The van der Waals surface area contributed by atoms with Crippen LogP contribution in [0.2, 0.25) is 0 Å². The number of nitrogens with zero attached hydrogens (tertiary/aromatic N) is 7. The summed E-state index contributed by atoms with van der Waals surface area (Å²) in [6.45, 7) is 1.54. The second kappa shape index (κ2) is 7.26. The Kier molecular flexibility index (Phi) is 4.50. The summed E-state index contributed by atoms with van der Waals surface area (Å²) in [5.41, 5.74) is 0.780. The molecule has 9 heteroatoms. The molecule has 4 rings (SSSR count). The van der Waals surface area contributed by atoms with Crippen LogP contribution >= 0.6 is 0 Å². The maximum Gasteiger partial charge on any atom is 0.227 e. The summed E-state index contributed by atoms with van der Waals surface area (Å²) >= 11 is 0. The fourth-order valence-electron chi connectivity index (χ4n) is 2.99. The Morgan fingerprint density at radius 1 is 1.00 bits per heavy atom. The first kappa shape index (κ1) is 16.1. The van der Waals surface area contributed by atoms with E-state index >= 15 is 0 Å². The molecule has 0 unspecified atom stereocenters. The molecule has 26 heavy (non-hydrogen) atoms. The number of amides is 1. The van der Waals surface area contributed by atoms with Crippen molar-refractivity contribution in [3.8, 4) is 5.82 Å². The maximum absolute atomic E-state index is 12.4. The van der Waals surface area contributed by atoms with Gasteiger partial charge < -0.3 is 10.2 Å². The first-order chi connectivity index (χ1) is 12.8. The standard InChI is InChI=1S/C17H18N8O/c26-17(21-14-3-7-18-8-4-14)13-5-9-24(10-6-13)15-1-2-16(23-22-15)25-12-19-11-20-25/h1-4,7-8,11-13H,5-6,9-10H2,(H,18,21,26). The van der Waals surface area contributed by atoms with Crippen LogP contribution in [0, 0.1) is 5.92 Å².